The number of hydrogen-bond acceptors (Lipinski definition) is 5. The van der Waals surface area contributed by atoms with Crippen LogP contribution < -0.4 is 14.2 Å². The molecule has 0 saturated carbocycles. The van der Waals surface area contributed by atoms with Gasteiger partial charge in [-0.25, -0.2) is 13.6 Å². The summed E-state index contributed by atoms with van der Waals surface area (Å²) in [5, 5.41) is 10.1. The quantitative estimate of drug-likeness (QED) is 0.212. The van der Waals surface area contributed by atoms with E-state index in [4.69, 9.17) is 14.2 Å². The predicted octanol–water partition coefficient (Wildman–Crippen LogP) is 6.05. The lowest BCUT2D eigenvalue weighted by Crippen LogP contribution is -2.10. The fraction of sp³-hybridized carbons (Fsp3) is 0.0385. The van der Waals surface area contributed by atoms with Gasteiger partial charge in [0.2, 0.25) is 6.29 Å². The summed E-state index contributed by atoms with van der Waals surface area (Å²) in [6.45, 7) is 0. The van der Waals surface area contributed by atoms with Crippen LogP contribution in [0.4, 0.5) is 8.78 Å². The second-order valence-corrected chi connectivity index (χ2v) is 6.91. The molecule has 0 fully saturated rings. The van der Waals surface area contributed by atoms with Crippen LogP contribution in [0, 0.1) is 11.6 Å². The molecule has 0 amide bonds. The van der Waals surface area contributed by atoms with Crippen molar-refractivity contribution in [2.45, 2.75) is 6.29 Å². The van der Waals surface area contributed by atoms with Crippen LogP contribution in [0.5, 0.6) is 23.0 Å². The summed E-state index contributed by atoms with van der Waals surface area (Å²) < 4.78 is 43.7. The summed E-state index contributed by atoms with van der Waals surface area (Å²) in [6, 6.07) is 24.0. The van der Waals surface area contributed by atoms with Crippen molar-refractivity contribution in [3.63, 3.8) is 0 Å². The molecule has 0 aliphatic heterocycles. The van der Waals surface area contributed by atoms with Gasteiger partial charge in [-0.3, -0.25) is 0 Å². The normalized spacial score (nSPS) is 11.5. The first-order chi connectivity index (χ1) is 16.0. The zero-order valence-electron chi connectivity index (χ0n) is 17.2. The molecule has 0 heterocycles. The maximum Gasteiger partial charge on any atom is 0.346 e. The fourth-order valence-corrected chi connectivity index (χ4v) is 2.95. The molecule has 0 spiro atoms. The minimum Gasteiger partial charge on any atom is -0.461 e. The Bertz CT molecular complexity index is 1240. The molecule has 4 aromatic carbocycles. The van der Waals surface area contributed by atoms with E-state index in [0.29, 0.717) is 17.2 Å². The van der Waals surface area contributed by atoms with Gasteiger partial charge in [0.05, 0.1) is 11.1 Å². The van der Waals surface area contributed by atoms with Crippen molar-refractivity contribution in [3.8, 4) is 23.0 Å². The Balaban J connectivity index is 1.35. The van der Waals surface area contributed by atoms with Gasteiger partial charge in [0, 0.05) is 0 Å². The van der Waals surface area contributed by atoms with Crippen molar-refractivity contribution in [2.75, 3.05) is 0 Å². The molecule has 4 rings (SSSR count). The number of esters is 1. The Hall–Kier alpha value is -4.23. The number of carbonyl (C=O) groups is 1. The molecule has 1 N–H and O–H groups in total. The third-order valence-electron chi connectivity index (χ3n) is 4.61. The van der Waals surface area contributed by atoms with Gasteiger partial charge >= 0.3 is 5.97 Å². The molecular weight excluding hydrogens is 430 g/mol. The van der Waals surface area contributed by atoms with E-state index in [1.54, 1.807) is 48.5 Å². The molecular formula is C26H18F2O5. The minimum absolute atomic E-state index is 0.0358. The van der Waals surface area contributed by atoms with Gasteiger partial charge in [-0.1, -0.05) is 24.3 Å². The predicted molar refractivity (Wildman–Crippen MR) is 116 cm³/mol. The van der Waals surface area contributed by atoms with Crippen molar-refractivity contribution in [1.82, 2.24) is 0 Å². The van der Waals surface area contributed by atoms with Crippen LogP contribution in [0.2, 0.25) is 0 Å². The number of hydrogen-bond donors (Lipinski definition) is 1. The van der Waals surface area contributed by atoms with E-state index in [2.05, 4.69) is 0 Å². The summed E-state index contributed by atoms with van der Waals surface area (Å²) in [6.07, 6.45) is -1.45. The number of ether oxygens (including phenoxy) is 3. The van der Waals surface area contributed by atoms with E-state index in [9.17, 15) is 18.7 Å². The summed E-state index contributed by atoms with van der Waals surface area (Å²) in [4.78, 5) is 12.1. The van der Waals surface area contributed by atoms with E-state index in [1.807, 2.05) is 0 Å². The second-order valence-electron chi connectivity index (χ2n) is 6.91. The van der Waals surface area contributed by atoms with E-state index in [1.165, 1.54) is 48.5 Å². The molecule has 0 aromatic heterocycles. The number of aliphatic hydroxyl groups is 1. The van der Waals surface area contributed by atoms with E-state index in [0.717, 1.165) is 0 Å². The van der Waals surface area contributed by atoms with Gasteiger partial charge in [0.1, 0.15) is 34.6 Å². The van der Waals surface area contributed by atoms with E-state index < -0.39 is 23.9 Å². The lowest BCUT2D eigenvalue weighted by atomic mass is 10.2. The van der Waals surface area contributed by atoms with Crippen LogP contribution in [0.25, 0.3) is 0 Å². The first-order valence-corrected chi connectivity index (χ1v) is 9.93. The van der Waals surface area contributed by atoms with Crippen molar-refractivity contribution < 1.29 is 32.9 Å². The molecule has 166 valence electrons. The highest BCUT2D eigenvalue weighted by atomic mass is 19.1. The number of rotatable bonds is 7. The molecule has 0 radical (unpaired) electrons. The molecule has 1 atom stereocenters. The van der Waals surface area contributed by atoms with Gasteiger partial charge < -0.3 is 19.3 Å². The van der Waals surface area contributed by atoms with Crippen LogP contribution >= 0.6 is 0 Å². The number of halogens is 2. The van der Waals surface area contributed by atoms with E-state index >= 15 is 0 Å². The fourth-order valence-electron chi connectivity index (χ4n) is 2.95. The van der Waals surface area contributed by atoms with Gasteiger partial charge in [-0.15, -0.1) is 0 Å². The minimum atomic E-state index is -1.45. The summed E-state index contributed by atoms with van der Waals surface area (Å²) in [7, 11) is 0. The largest absolute Gasteiger partial charge is 0.461 e. The molecule has 7 heteroatoms. The highest BCUT2D eigenvalue weighted by molar-refractivity contribution is 5.91. The van der Waals surface area contributed by atoms with Crippen molar-refractivity contribution in [2.24, 2.45) is 0 Å². The Morgan fingerprint density at radius 3 is 1.79 bits per heavy atom. The molecule has 0 aliphatic carbocycles. The van der Waals surface area contributed by atoms with Crippen LogP contribution in [0.15, 0.2) is 97.1 Å². The van der Waals surface area contributed by atoms with Gasteiger partial charge in [-0.2, -0.15) is 0 Å². The molecule has 0 aliphatic rings. The van der Waals surface area contributed by atoms with Crippen LogP contribution in [-0.4, -0.2) is 11.1 Å². The van der Waals surface area contributed by atoms with Crippen molar-refractivity contribution >= 4 is 5.97 Å². The molecule has 4 aromatic rings. The van der Waals surface area contributed by atoms with Crippen LogP contribution in [-0.2, 0) is 0 Å². The highest BCUT2D eigenvalue weighted by Crippen LogP contribution is 2.28. The standard InChI is InChI=1S/C26H18F2O5/c27-23-7-3-1-5-21(23)25(29)32-19-13-9-17(10-14-19)31-18-11-15-20(16-12-18)33-26(30)22-6-2-4-8-24(22)28/h1-16,25,29H. The summed E-state index contributed by atoms with van der Waals surface area (Å²) in [5.74, 6) is -0.492. The maximum atomic E-state index is 13.7. The monoisotopic (exact) mass is 448 g/mol. The lowest BCUT2D eigenvalue weighted by Gasteiger charge is -2.15. The Kier molecular flexibility index (Phi) is 6.61. The van der Waals surface area contributed by atoms with Crippen LogP contribution in [0.1, 0.15) is 22.2 Å². The molecule has 5 nitrogen and oxygen atoms in total. The number of benzene rings is 4. The third-order valence-corrected chi connectivity index (χ3v) is 4.61. The third kappa shape index (κ3) is 5.53. The Morgan fingerprint density at radius 1 is 0.667 bits per heavy atom. The smallest absolute Gasteiger partial charge is 0.346 e. The van der Waals surface area contributed by atoms with E-state index in [-0.39, 0.29) is 16.9 Å². The zero-order chi connectivity index (χ0) is 23.2. The number of carbonyl (C=O) groups excluding carboxylic acids is 1. The molecule has 1 unspecified atom stereocenters. The Labute approximate surface area is 188 Å². The average molecular weight is 448 g/mol. The summed E-state index contributed by atoms with van der Waals surface area (Å²) >= 11 is 0. The van der Waals surface area contributed by atoms with Gasteiger partial charge in [0.25, 0.3) is 0 Å². The lowest BCUT2D eigenvalue weighted by molar-refractivity contribution is -0.0220. The molecule has 0 saturated heterocycles. The Morgan fingerprint density at radius 2 is 1.18 bits per heavy atom. The first kappa shape index (κ1) is 22.0. The van der Waals surface area contributed by atoms with Gasteiger partial charge in [0.15, 0.2) is 0 Å². The SMILES string of the molecule is O=C(Oc1ccc(Oc2ccc(OC(O)c3ccccc3F)cc2)cc1)c1ccccc1F. The maximum absolute atomic E-state index is 13.7. The molecule has 0 bridgehead atoms. The highest BCUT2D eigenvalue weighted by Gasteiger charge is 2.15. The van der Waals surface area contributed by atoms with Crippen molar-refractivity contribution in [3.05, 3.63) is 120 Å². The summed E-state index contributed by atoms with van der Waals surface area (Å²) in [5.41, 5.74) is -0.117. The average Bonchev–Trinajstić information content (AvgIpc) is 2.82. The molecule has 33 heavy (non-hydrogen) atoms. The topological polar surface area (TPSA) is 65.0 Å². The number of aliphatic hydroxyl groups excluding tert-OH is 1. The second kappa shape index (κ2) is 9.93. The van der Waals surface area contributed by atoms with Crippen molar-refractivity contribution in [1.29, 1.82) is 0 Å². The van der Waals surface area contributed by atoms with Crippen LogP contribution in [0.3, 0.4) is 0 Å². The first-order valence-electron chi connectivity index (χ1n) is 9.93. The zero-order valence-corrected chi connectivity index (χ0v) is 17.2. The van der Waals surface area contributed by atoms with Gasteiger partial charge in [-0.05, 0) is 72.8 Å².